The van der Waals surface area contributed by atoms with Crippen LogP contribution in [0.5, 0.6) is 0 Å². The van der Waals surface area contributed by atoms with Crippen molar-refractivity contribution in [2.24, 2.45) is 5.73 Å². The van der Waals surface area contributed by atoms with Gasteiger partial charge < -0.3 is 11.5 Å². The second kappa shape index (κ2) is 4.11. The van der Waals surface area contributed by atoms with Gasteiger partial charge in [-0.25, -0.2) is 0 Å². The highest BCUT2D eigenvalue weighted by Gasteiger charge is 1.99. The normalized spacial score (nSPS) is 10.2. The van der Waals surface area contributed by atoms with Crippen molar-refractivity contribution in [1.82, 2.24) is 4.98 Å². The molecule has 0 aliphatic rings. The molecule has 1 aromatic carbocycles. The van der Waals surface area contributed by atoms with Gasteiger partial charge in [-0.05, 0) is 23.8 Å². The highest BCUT2D eigenvalue weighted by Crippen LogP contribution is 2.19. The molecule has 76 valence electrons. The minimum atomic E-state index is 0.518. The van der Waals surface area contributed by atoms with Crippen LogP contribution in [0.4, 0.5) is 5.69 Å². The Morgan fingerprint density at radius 1 is 1.13 bits per heavy atom. The first kappa shape index (κ1) is 9.68. The van der Waals surface area contributed by atoms with Gasteiger partial charge in [0.1, 0.15) is 0 Å². The van der Waals surface area contributed by atoms with E-state index in [1.165, 1.54) is 0 Å². The van der Waals surface area contributed by atoms with E-state index < -0.39 is 0 Å². The maximum Gasteiger partial charge on any atom is 0.0702 e. The summed E-state index contributed by atoms with van der Waals surface area (Å²) >= 11 is 0. The number of aromatic nitrogens is 1. The van der Waals surface area contributed by atoms with Crippen LogP contribution >= 0.6 is 0 Å². The zero-order valence-electron chi connectivity index (χ0n) is 8.35. The molecule has 0 unspecified atom stereocenters. The number of rotatable bonds is 2. The Bertz CT molecular complexity index is 449. The molecule has 3 nitrogen and oxygen atoms in total. The van der Waals surface area contributed by atoms with E-state index in [4.69, 9.17) is 11.5 Å². The largest absolute Gasteiger partial charge is 0.399 e. The number of hydrogen-bond acceptors (Lipinski definition) is 3. The summed E-state index contributed by atoms with van der Waals surface area (Å²) in [5.41, 5.74) is 14.9. The highest BCUT2D eigenvalue weighted by atomic mass is 14.7. The van der Waals surface area contributed by atoms with Gasteiger partial charge in [0.25, 0.3) is 0 Å². The Morgan fingerprint density at radius 2 is 2.00 bits per heavy atom. The first-order valence-electron chi connectivity index (χ1n) is 4.80. The van der Waals surface area contributed by atoms with Crippen LogP contribution < -0.4 is 11.5 Å². The third-order valence-electron chi connectivity index (χ3n) is 2.24. The lowest BCUT2D eigenvalue weighted by Gasteiger charge is -2.02. The highest BCUT2D eigenvalue weighted by molar-refractivity contribution is 5.63. The van der Waals surface area contributed by atoms with Crippen LogP contribution in [-0.2, 0) is 6.54 Å². The summed E-state index contributed by atoms with van der Waals surface area (Å²) in [6.07, 6.45) is 1.79. The molecule has 0 radical (unpaired) electrons. The molecule has 0 saturated carbocycles. The van der Waals surface area contributed by atoms with Gasteiger partial charge in [0.05, 0.1) is 5.69 Å². The number of nitrogens with two attached hydrogens (primary N) is 2. The smallest absolute Gasteiger partial charge is 0.0702 e. The van der Waals surface area contributed by atoms with Crippen LogP contribution in [0.2, 0.25) is 0 Å². The summed E-state index contributed by atoms with van der Waals surface area (Å²) in [4.78, 5) is 4.33. The molecule has 0 saturated heterocycles. The minimum absolute atomic E-state index is 0.518. The van der Waals surface area contributed by atoms with Gasteiger partial charge in [0.2, 0.25) is 0 Å². The third-order valence-corrected chi connectivity index (χ3v) is 2.24. The Kier molecular flexibility index (Phi) is 2.65. The summed E-state index contributed by atoms with van der Waals surface area (Å²) in [6, 6.07) is 11.6. The van der Waals surface area contributed by atoms with Gasteiger partial charge in [-0.3, -0.25) is 4.98 Å². The number of nitrogens with zero attached hydrogens (tertiary/aromatic N) is 1. The number of pyridine rings is 1. The molecule has 2 rings (SSSR count). The number of hydrogen-bond donors (Lipinski definition) is 2. The predicted octanol–water partition coefficient (Wildman–Crippen LogP) is 1.79. The fourth-order valence-electron chi connectivity index (χ4n) is 1.41. The average Bonchev–Trinajstić information content (AvgIpc) is 2.29. The molecule has 15 heavy (non-hydrogen) atoms. The van der Waals surface area contributed by atoms with Crippen LogP contribution in [0, 0.1) is 0 Å². The van der Waals surface area contributed by atoms with Crippen LogP contribution in [0.25, 0.3) is 11.3 Å². The SMILES string of the molecule is NCc1ccc(-c2cccc(N)c2)nc1. The third kappa shape index (κ3) is 2.14. The molecule has 3 heteroatoms. The summed E-state index contributed by atoms with van der Waals surface area (Å²) in [5.74, 6) is 0. The van der Waals surface area contributed by atoms with Crippen molar-refractivity contribution >= 4 is 5.69 Å². The van der Waals surface area contributed by atoms with E-state index in [0.29, 0.717) is 6.54 Å². The first-order valence-corrected chi connectivity index (χ1v) is 4.80. The molecule has 0 spiro atoms. The number of anilines is 1. The molecule has 4 N–H and O–H groups in total. The van der Waals surface area contributed by atoms with Crippen molar-refractivity contribution < 1.29 is 0 Å². The van der Waals surface area contributed by atoms with E-state index in [0.717, 1.165) is 22.5 Å². The maximum atomic E-state index is 5.70. The quantitative estimate of drug-likeness (QED) is 0.725. The number of benzene rings is 1. The molecule has 0 atom stereocenters. The molecule has 0 fully saturated rings. The second-order valence-corrected chi connectivity index (χ2v) is 3.38. The fourth-order valence-corrected chi connectivity index (χ4v) is 1.41. The van der Waals surface area contributed by atoms with Crippen molar-refractivity contribution in [1.29, 1.82) is 0 Å². The maximum absolute atomic E-state index is 5.70. The Morgan fingerprint density at radius 3 is 2.60 bits per heavy atom. The molecule has 0 bridgehead atoms. The van der Waals surface area contributed by atoms with E-state index in [2.05, 4.69) is 4.98 Å². The van der Waals surface area contributed by atoms with Crippen molar-refractivity contribution in [3.63, 3.8) is 0 Å². The van der Waals surface area contributed by atoms with Crippen molar-refractivity contribution in [3.05, 3.63) is 48.2 Å². The Hall–Kier alpha value is -1.87. The van der Waals surface area contributed by atoms with Crippen molar-refractivity contribution in [2.45, 2.75) is 6.54 Å². The van der Waals surface area contributed by atoms with E-state index in [-0.39, 0.29) is 0 Å². The molecular formula is C12H13N3. The Balaban J connectivity index is 2.37. The van der Waals surface area contributed by atoms with Gasteiger partial charge >= 0.3 is 0 Å². The topological polar surface area (TPSA) is 64.9 Å². The monoisotopic (exact) mass is 199 g/mol. The molecule has 0 aliphatic carbocycles. The number of nitrogen functional groups attached to an aromatic ring is 1. The van der Waals surface area contributed by atoms with Crippen molar-refractivity contribution in [2.75, 3.05) is 5.73 Å². The van der Waals surface area contributed by atoms with E-state index >= 15 is 0 Å². The zero-order chi connectivity index (χ0) is 10.7. The van der Waals surface area contributed by atoms with Crippen LogP contribution in [0.1, 0.15) is 5.56 Å². The lowest BCUT2D eigenvalue weighted by Crippen LogP contribution is -1.97. The standard InChI is InChI=1S/C12H13N3/c13-7-9-4-5-12(15-8-9)10-2-1-3-11(14)6-10/h1-6,8H,7,13-14H2. The van der Waals surface area contributed by atoms with Gasteiger partial charge in [-0.15, -0.1) is 0 Å². The van der Waals surface area contributed by atoms with Crippen molar-refractivity contribution in [3.8, 4) is 11.3 Å². The van der Waals surface area contributed by atoms with Crippen LogP contribution in [0.15, 0.2) is 42.6 Å². The lowest BCUT2D eigenvalue weighted by molar-refractivity contribution is 1.05. The summed E-state index contributed by atoms with van der Waals surface area (Å²) in [7, 11) is 0. The minimum Gasteiger partial charge on any atom is -0.399 e. The van der Waals surface area contributed by atoms with Crippen LogP contribution in [-0.4, -0.2) is 4.98 Å². The average molecular weight is 199 g/mol. The van der Waals surface area contributed by atoms with E-state index in [1.807, 2.05) is 36.4 Å². The predicted molar refractivity (Wildman–Crippen MR) is 62.0 cm³/mol. The second-order valence-electron chi connectivity index (χ2n) is 3.38. The molecule has 2 aromatic rings. The first-order chi connectivity index (χ1) is 7.29. The zero-order valence-corrected chi connectivity index (χ0v) is 8.35. The summed E-state index contributed by atoms with van der Waals surface area (Å²) < 4.78 is 0. The van der Waals surface area contributed by atoms with Gasteiger partial charge in [-0.2, -0.15) is 0 Å². The van der Waals surface area contributed by atoms with Gasteiger partial charge in [-0.1, -0.05) is 18.2 Å². The molecule has 1 heterocycles. The molecule has 0 amide bonds. The van der Waals surface area contributed by atoms with E-state index in [1.54, 1.807) is 6.20 Å². The summed E-state index contributed by atoms with van der Waals surface area (Å²) in [5, 5.41) is 0. The molecule has 1 aromatic heterocycles. The summed E-state index contributed by atoms with van der Waals surface area (Å²) in [6.45, 7) is 0.518. The fraction of sp³-hybridized carbons (Fsp3) is 0.0833. The van der Waals surface area contributed by atoms with E-state index in [9.17, 15) is 0 Å². The molecule has 0 aliphatic heterocycles. The Labute approximate surface area is 88.8 Å². The lowest BCUT2D eigenvalue weighted by atomic mass is 10.1. The molecular weight excluding hydrogens is 186 g/mol. The van der Waals surface area contributed by atoms with Gasteiger partial charge in [0.15, 0.2) is 0 Å². The van der Waals surface area contributed by atoms with Crippen LogP contribution in [0.3, 0.4) is 0 Å². The van der Waals surface area contributed by atoms with Gasteiger partial charge in [0, 0.05) is 24.0 Å².